The van der Waals surface area contributed by atoms with Gasteiger partial charge in [0.2, 0.25) is 5.56 Å². The van der Waals surface area contributed by atoms with Crippen molar-refractivity contribution in [1.82, 2.24) is 24.1 Å². The third-order valence-electron chi connectivity index (χ3n) is 7.13. The van der Waals surface area contributed by atoms with Crippen molar-refractivity contribution in [2.45, 2.75) is 19.9 Å². The molecular formula is C32H28N6O3S. The smallest absolute Gasteiger partial charge is 0.273 e. The number of benzene rings is 2. The highest BCUT2D eigenvalue weighted by molar-refractivity contribution is 7.11. The van der Waals surface area contributed by atoms with Gasteiger partial charge in [-0.2, -0.15) is 0 Å². The summed E-state index contributed by atoms with van der Waals surface area (Å²) in [6.45, 7) is 3.83. The summed E-state index contributed by atoms with van der Waals surface area (Å²) in [5, 5.41) is 7.35. The van der Waals surface area contributed by atoms with Crippen molar-refractivity contribution in [2.24, 2.45) is 7.05 Å². The summed E-state index contributed by atoms with van der Waals surface area (Å²) in [5.41, 5.74) is 4.22. The van der Waals surface area contributed by atoms with E-state index in [4.69, 9.17) is 9.72 Å². The number of thiazole rings is 1. The van der Waals surface area contributed by atoms with Crippen LogP contribution in [0.3, 0.4) is 0 Å². The summed E-state index contributed by atoms with van der Waals surface area (Å²) in [6.07, 6.45) is 3.50. The average molecular weight is 577 g/mol. The van der Waals surface area contributed by atoms with Crippen LogP contribution in [0.5, 0.6) is 5.19 Å². The van der Waals surface area contributed by atoms with Crippen LogP contribution in [0.2, 0.25) is 0 Å². The van der Waals surface area contributed by atoms with Crippen molar-refractivity contribution in [3.8, 4) is 33.3 Å². The number of fused-ring (bicyclic) bond motifs is 1. The van der Waals surface area contributed by atoms with Crippen LogP contribution in [0.15, 0.2) is 94.1 Å². The van der Waals surface area contributed by atoms with E-state index in [1.807, 2.05) is 73.8 Å². The SMILES string of the molecule is COc1nc(-c2cnc(C)nc2N[C@@H](C)c2cc3cccc(-c4ccc(=O)n(C)c4)c3c(=O)n2-c2ccccc2)cs1. The van der Waals surface area contributed by atoms with Gasteiger partial charge in [-0.3, -0.25) is 14.2 Å². The standard InChI is InChI=1S/C32H28N6O3S/c1-19(34-30-25(16-33-20(2)35-30)26-18-42-32(36-26)41-4)27-15-21-9-8-12-24(22-13-14-28(39)37(3)17-22)29(21)31(40)38(27)23-10-6-5-7-11-23/h5-19H,1-4H3,(H,33,34,35)/t19-/m0/s1. The van der Waals surface area contributed by atoms with E-state index < -0.39 is 0 Å². The van der Waals surface area contributed by atoms with Gasteiger partial charge in [0.1, 0.15) is 11.6 Å². The molecule has 0 aliphatic carbocycles. The van der Waals surface area contributed by atoms with Crippen LogP contribution in [0, 0.1) is 6.92 Å². The molecule has 210 valence electrons. The number of hydrogen-bond acceptors (Lipinski definition) is 8. The quantitative estimate of drug-likeness (QED) is 0.258. The fraction of sp³-hybridized carbons (Fsp3) is 0.156. The number of para-hydroxylation sites is 1. The van der Waals surface area contributed by atoms with Gasteiger partial charge in [0.05, 0.1) is 29.8 Å². The highest BCUT2D eigenvalue weighted by atomic mass is 32.1. The molecule has 6 aromatic rings. The number of aryl methyl sites for hydroxylation is 2. The molecule has 0 saturated carbocycles. The van der Waals surface area contributed by atoms with E-state index in [2.05, 4.69) is 15.3 Å². The lowest BCUT2D eigenvalue weighted by atomic mass is 9.98. The van der Waals surface area contributed by atoms with Crippen LogP contribution in [-0.4, -0.2) is 31.2 Å². The lowest BCUT2D eigenvalue weighted by Crippen LogP contribution is -2.26. The molecule has 0 aliphatic heterocycles. The van der Waals surface area contributed by atoms with Gasteiger partial charge in [-0.1, -0.05) is 47.7 Å². The Balaban J connectivity index is 1.53. The van der Waals surface area contributed by atoms with E-state index in [1.54, 1.807) is 37.2 Å². The third-order valence-corrected chi connectivity index (χ3v) is 7.93. The monoisotopic (exact) mass is 576 g/mol. The number of nitrogens with one attached hydrogen (secondary N) is 1. The van der Waals surface area contributed by atoms with Crippen molar-refractivity contribution in [1.29, 1.82) is 0 Å². The Bertz CT molecular complexity index is 2050. The molecule has 0 unspecified atom stereocenters. The van der Waals surface area contributed by atoms with Crippen LogP contribution >= 0.6 is 11.3 Å². The van der Waals surface area contributed by atoms with Gasteiger partial charge in [0, 0.05) is 42.3 Å². The molecule has 0 saturated heterocycles. The number of hydrogen-bond donors (Lipinski definition) is 1. The molecule has 0 bridgehead atoms. The van der Waals surface area contributed by atoms with Crippen LogP contribution in [0.1, 0.15) is 24.5 Å². The zero-order valence-electron chi connectivity index (χ0n) is 23.5. The normalized spacial score (nSPS) is 11.9. The summed E-state index contributed by atoms with van der Waals surface area (Å²) in [5.74, 6) is 1.21. The summed E-state index contributed by atoms with van der Waals surface area (Å²) in [7, 11) is 3.29. The maximum atomic E-state index is 14.4. The number of nitrogens with zero attached hydrogens (tertiary/aromatic N) is 5. The Morgan fingerprint density at radius 2 is 1.79 bits per heavy atom. The van der Waals surface area contributed by atoms with Crippen LogP contribution in [-0.2, 0) is 7.05 Å². The minimum Gasteiger partial charge on any atom is -0.473 e. The van der Waals surface area contributed by atoms with Crippen molar-refractivity contribution in [2.75, 3.05) is 12.4 Å². The Morgan fingerprint density at radius 1 is 0.976 bits per heavy atom. The summed E-state index contributed by atoms with van der Waals surface area (Å²) in [6, 6.07) is 20.3. The van der Waals surface area contributed by atoms with E-state index in [-0.39, 0.29) is 17.2 Å². The van der Waals surface area contributed by atoms with Gasteiger partial charge in [0.15, 0.2) is 0 Å². The maximum Gasteiger partial charge on any atom is 0.273 e. The second kappa shape index (κ2) is 11.1. The zero-order chi connectivity index (χ0) is 29.4. The molecule has 4 aromatic heterocycles. The minimum atomic E-state index is -0.336. The summed E-state index contributed by atoms with van der Waals surface area (Å²) < 4.78 is 8.55. The molecule has 4 heterocycles. The fourth-order valence-electron chi connectivity index (χ4n) is 5.06. The number of pyridine rings is 2. The molecule has 9 nitrogen and oxygen atoms in total. The van der Waals surface area contributed by atoms with Crippen LogP contribution in [0.25, 0.3) is 38.8 Å². The Morgan fingerprint density at radius 3 is 2.52 bits per heavy atom. The molecule has 0 fully saturated rings. The maximum absolute atomic E-state index is 14.4. The largest absolute Gasteiger partial charge is 0.473 e. The molecule has 0 amide bonds. The molecule has 0 radical (unpaired) electrons. The van der Waals surface area contributed by atoms with Crippen molar-refractivity contribution in [3.63, 3.8) is 0 Å². The van der Waals surface area contributed by atoms with Gasteiger partial charge in [-0.05, 0) is 54.6 Å². The molecule has 42 heavy (non-hydrogen) atoms. The highest BCUT2D eigenvalue weighted by Crippen LogP contribution is 2.33. The van der Waals surface area contributed by atoms with Gasteiger partial charge in [0.25, 0.3) is 10.8 Å². The molecule has 0 spiro atoms. The summed E-state index contributed by atoms with van der Waals surface area (Å²) in [4.78, 5) is 40.1. The van der Waals surface area contributed by atoms with E-state index >= 15 is 0 Å². The lowest BCUT2D eigenvalue weighted by Gasteiger charge is -2.23. The van der Waals surface area contributed by atoms with Gasteiger partial charge < -0.3 is 14.6 Å². The molecular weight excluding hydrogens is 548 g/mol. The molecule has 6 rings (SSSR count). The summed E-state index contributed by atoms with van der Waals surface area (Å²) >= 11 is 1.40. The number of anilines is 1. The first-order valence-electron chi connectivity index (χ1n) is 13.3. The first-order chi connectivity index (χ1) is 20.3. The zero-order valence-corrected chi connectivity index (χ0v) is 24.3. The number of rotatable bonds is 7. The topological polar surface area (TPSA) is 104 Å². The molecule has 10 heteroatoms. The Kier molecular flexibility index (Phi) is 7.13. The Hall–Kier alpha value is -5.09. The van der Waals surface area contributed by atoms with Crippen LogP contribution in [0.4, 0.5) is 5.82 Å². The number of ether oxygens (including phenoxy) is 1. The number of methoxy groups -OCH3 is 1. The second-order valence-electron chi connectivity index (χ2n) is 9.93. The molecule has 1 N–H and O–H groups in total. The van der Waals surface area contributed by atoms with Crippen molar-refractivity contribution < 1.29 is 4.74 Å². The minimum absolute atomic E-state index is 0.113. The van der Waals surface area contributed by atoms with E-state index in [0.29, 0.717) is 27.9 Å². The first-order valence-corrected chi connectivity index (χ1v) is 14.2. The highest BCUT2D eigenvalue weighted by Gasteiger charge is 2.21. The van der Waals surface area contributed by atoms with E-state index in [1.165, 1.54) is 22.0 Å². The third kappa shape index (κ3) is 4.97. The number of aromatic nitrogens is 5. The van der Waals surface area contributed by atoms with Gasteiger partial charge in [-0.25, -0.2) is 15.0 Å². The molecule has 2 aromatic carbocycles. The average Bonchev–Trinajstić information content (AvgIpc) is 3.48. The van der Waals surface area contributed by atoms with Gasteiger partial charge >= 0.3 is 0 Å². The van der Waals surface area contributed by atoms with Gasteiger partial charge in [-0.15, -0.1) is 0 Å². The van der Waals surface area contributed by atoms with Crippen LogP contribution < -0.4 is 21.2 Å². The lowest BCUT2D eigenvalue weighted by molar-refractivity contribution is 0.412. The predicted molar refractivity (Wildman–Crippen MR) is 167 cm³/mol. The molecule has 0 aliphatic rings. The van der Waals surface area contributed by atoms with Crippen molar-refractivity contribution in [3.05, 3.63) is 117 Å². The second-order valence-corrected chi connectivity index (χ2v) is 10.8. The molecule has 1 atom stereocenters. The van der Waals surface area contributed by atoms with E-state index in [0.717, 1.165) is 33.5 Å². The first kappa shape index (κ1) is 27.1. The Labute approximate surface area is 245 Å². The van der Waals surface area contributed by atoms with E-state index in [9.17, 15) is 9.59 Å². The predicted octanol–water partition coefficient (Wildman–Crippen LogP) is 5.76. The fourth-order valence-corrected chi connectivity index (χ4v) is 5.70. The van der Waals surface area contributed by atoms with Crippen molar-refractivity contribution >= 4 is 27.9 Å².